The Morgan fingerprint density at radius 3 is 2.63 bits per heavy atom. The van der Waals surface area contributed by atoms with Gasteiger partial charge in [-0.25, -0.2) is 4.98 Å². The zero-order chi connectivity index (χ0) is 14.0. The van der Waals surface area contributed by atoms with E-state index in [9.17, 15) is 4.79 Å². The maximum absolute atomic E-state index is 12.0. The third-order valence-electron chi connectivity index (χ3n) is 2.19. The highest BCUT2D eigenvalue weighted by molar-refractivity contribution is 6.35. The van der Waals surface area contributed by atoms with E-state index in [1.54, 1.807) is 12.3 Å². The van der Waals surface area contributed by atoms with Crippen molar-refractivity contribution in [3.8, 4) is 0 Å². The van der Waals surface area contributed by atoms with E-state index in [4.69, 9.17) is 34.8 Å². The van der Waals surface area contributed by atoms with E-state index in [0.717, 1.165) is 5.56 Å². The normalized spacial score (nSPS) is 10.3. The molecule has 8 heteroatoms. The Labute approximate surface area is 123 Å². The second-order valence-electron chi connectivity index (χ2n) is 3.68. The zero-order valence-electron chi connectivity index (χ0n) is 9.62. The van der Waals surface area contributed by atoms with E-state index in [1.165, 1.54) is 6.07 Å². The second-order valence-corrected chi connectivity index (χ2v) is 4.78. The van der Waals surface area contributed by atoms with Gasteiger partial charge in [-0.3, -0.25) is 4.79 Å². The molecule has 0 atom stereocenters. The predicted octanol–water partition coefficient (Wildman–Crippen LogP) is 3.39. The fourth-order valence-corrected chi connectivity index (χ4v) is 1.82. The van der Waals surface area contributed by atoms with Crippen molar-refractivity contribution in [2.45, 2.75) is 6.92 Å². The molecular formula is C11H7Cl3N4O. The Bertz CT molecular complexity index is 648. The minimum Gasteiger partial charge on any atom is -0.319 e. The number of anilines is 1. The molecule has 0 spiro atoms. The summed E-state index contributed by atoms with van der Waals surface area (Å²) >= 11 is 17.3. The van der Waals surface area contributed by atoms with Crippen molar-refractivity contribution < 1.29 is 4.79 Å². The van der Waals surface area contributed by atoms with E-state index in [2.05, 4.69) is 20.5 Å². The molecule has 0 saturated carbocycles. The van der Waals surface area contributed by atoms with Crippen LogP contribution in [0.15, 0.2) is 18.3 Å². The first kappa shape index (κ1) is 14.0. The SMILES string of the molecule is Cc1cnc(Cl)c(NC(=O)c2cc(Cl)nnc2Cl)c1. The van der Waals surface area contributed by atoms with Gasteiger partial charge in [0.1, 0.15) is 0 Å². The summed E-state index contributed by atoms with van der Waals surface area (Å²) in [5, 5.41) is 9.88. The van der Waals surface area contributed by atoms with Gasteiger partial charge in [-0.15, -0.1) is 10.2 Å². The lowest BCUT2D eigenvalue weighted by atomic mass is 10.2. The van der Waals surface area contributed by atoms with Gasteiger partial charge in [-0.05, 0) is 24.6 Å². The van der Waals surface area contributed by atoms with E-state index < -0.39 is 5.91 Å². The molecule has 5 nitrogen and oxygen atoms in total. The van der Waals surface area contributed by atoms with Gasteiger partial charge < -0.3 is 5.32 Å². The number of pyridine rings is 1. The number of amides is 1. The summed E-state index contributed by atoms with van der Waals surface area (Å²) in [7, 11) is 0. The van der Waals surface area contributed by atoms with Crippen molar-refractivity contribution in [3.05, 3.63) is 44.9 Å². The predicted molar refractivity (Wildman–Crippen MR) is 74.0 cm³/mol. The second kappa shape index (κ2) is 5.69. The highest BCUT2D eigenvalue weighted by Gasteiger charge is 2.15. The first-order valence-corrected chi connectivity index (χ1v) is 6.23. The summed E-state index contributed by atoms with van der Waals surface area (Å²) in [6.45, 7) is 1.83. The van der Waals surface area contributed by atoms with E-state index in [-0.39, 0.29) is 21.0 Å². The van der Waals surface area contributed by atoms with Crippen LogP contribution in [0.25, 0.3) is 0 Å². The minimum absolute atomic E-state index is 0.0429. The molecule has 2 heterocycles. The number of aryl methyl sites for hydroxylation is 1. The van der Waals surface area contributed by atoms with Gasteiger partial charge in [0.2, 0.25) is 0 Å². The van der Waals surface area contributed by atoms with Crippen molar-refractivity contribution >= 4 is 46.4 Å². The molecule has 0 aliphatic heterocycles. The third kappa shape index (κ3) is 3.32. The standard InChI is InChI=1S/C11H7Cl3N4O/c1-5-2-7(10(14)15-4-5)16-11(19)6-3-8(12)17-18-9(6)13/h2-4H,1H3,(H,16,19). The van der Waals surface area contributed by atoms with Crippen LogP contribution in [0.2, 0.25) is 15.5 Å². The average Bonchev–Trinajstić information content (AvgIpc) is 2.36. The van der Waals surface area contributed by atoms with Crippen molar-refractivity contribution in [2.75, 3.05) is 5.32 Å². The summed E-state index contributed by atoms with van der Waals surface area (Å²) in [5.41, 5.74) is 1.35. The van der Waals surface area contributed by atoms with Crippen molar-refractivity contribution in [3.63, 3.8) is 0 Å². The Hall–Kier alpha value is -1.43. The highest BCUT2D eigenvalue weighted by atomic mass is 35.5. The summed E-state index contributed by atoms with van der Waals surface area (Å²) in [5.74, 6) is -0.490. The van der Waals surface area contributed by atoms with Crippen LogP contribution in [0.5, 0.6) is 0 Å². The van der Waals surface area contributed by atoms with Crippen LogP contribution in [0, 0.1) is 6.92 Å². The van der Waals surface area contributed by atoms with E-state index in [0.29, 0.717) is 5.69 Å². The lowest BCUT2D eigenvalue weighted by Crippen LogP contribution is -2.14. The molecule has 0 aliphatic carbocycles. The molecule has 2 rings (SSSR count). The number of rotatable bonds is 2. The molecule has 1 amide bonds. The maximum Gasteiger partial charge on any atom is 0.259 e. The molecule has 0 aromatic carbocycles. The van der Waals surface area contributed by atoms with Gasteiger partial charge in [-0.1, -0.05) is 34.8 Å². The van der Waals surface area contributed by atoms with Gasteiger partial charge in [0.25, 0.3) is 5.91 Å². The number of nitrogens with zero attached hydrogens (tertiary/aromatic N) is 3. The van der Waals surface area contributed by atoms with Gasteiger partial charge in [-0.2, -0.15) is 0 Å². The quantitative estimate of drug-likeness (QED) is 0.862. The number of carbonyl (C=O) groups is 1. The molecule has 0 bridgehead atoms. The van der Waals surface area contributed by atoms with Gasteiger partial charge in [0.15, 0.2) is 15.5 Å². The van der Waals surface area contributed by atoms with E-state index in [1.807, 2.05) is 6.92 Å². The minimum atomic E-state index is -0.490. The monoisotopic (exact) mass is 316 g/mol. The first-order chi connectivity index (χ1) is 8.97. The van der Waals surface area contributed by atoms with E-state index >= 15 is 0 Å². The van der Waals surface area contributed by atoms with Crippen LogP contribution < -0.4 is 5.32 Å². The van der Waals surface area contributed by atoms with Crippen molar-refractivity contribution in [1.82, 2.24) is 15.2 Å². The number of nitrogens with one attached hydrogen (secondary N) is 1. The van der Waals surface area contributed by atoms with Gasteiger partial charge in [0.05, 0.1) is 11.3 Å². The molecule has 2 aromatic rings. The number of hydrogen-bond donors (Lipinski definition) is 1. The molecule has 98 valence electrons. The lowest BCUT2D eigenvalue weighted by Gasteiger charge is -2.08. The first-order valence-electron chi connectivity index (χ1n) is 5.09. The highest BCUT2D eigenvalue weighted by Crippen LogP contribution is 2.22. The molecule has 19 heavy (non-hydrogen) atoms. The molecule has 0 saturated heterocycles. The average molecular weight is 318 g/mol. The molecular weight excluding hydrogens is 311 g/mol. The number of halogens is 3. The Kier molecular flexibility index (Phi) is 4.19. The van der Waals surface area contributed by atoms with Crippen molar-refractivity contribution in [1.29, 1.82) is 0 Å². The van der Waals surface area contributed by atoms with Crippen LogP contribution in [0.3, 0.4) is 0 Å². The summed E-state index contributed by atoms with van der Waals surface area (Å²) < 4.78 is 0. The van der Waals surface area contributed by atoms with Crippen LogP contribution in [-0.2, 0) is 0 Å². The lowest BCUT2D eigenvalue weighted by molar-refractivity contribution is 0.102. The fraction of sp³-hybridized carbons (Fsp3) is 0.0909. The molecule has 0 unspecified atom stereocenters. The Balaban J connectivity index is 2.30. The van der Waals surface area contributed by atoms with Crippen LogP contribution in [0.4, 0.5) is 5.69 Å². The summed E-state index contributed by atoms with van der Waals surface area (Å²) in [6, 6.07) is 3.01. The largest absolute Gasteiger partial charge is 0.319 e. The molecule has 0 aliphatic rings. The Morgan fingerprint density at radius 2 is 1.89 bits per heavy atom. The van der Waals surface area contributed by atoms with Gasteiger partial charge in [0, 0.05) is 6.20 Å². The van der Waals surface area contributed by atoms with Crippen LogP contribution in [0.1, 0.15) is 15.9 Å². The van der Waals surface area contributed by atoms with Crippen LogP contribution in [-0.4, -0.2) is 21.1 Å². The number of hydrogen-bond acceptors (Lipinski definition) is 4. The van der Waals surface area contributed by atoms with Gasteiger partial charge >= 0.3 is 0 Å². The maximum atomic E-state index is 12.0. The molecule has 0 radical (unpaired) electrons. The van der Waals surface area contributed by atoms with Crippen LogP contribution >= 0.6 is 34.8 Å². The fourth-order valence-electron chi connectivity index (χ4n) is 1.34. The molecule has 1 N–H and O–H groups in total. The smallest absolute Gasteiger partial charge is 0.259 e. The topological polar surface area (TPSA) is 67.8 Å². The summed E-state index contributed by atoms with van der Waals surface area (Å²) in [6.07, 6.45) is 1.59. The number of aromatic nitrogens is 3. The molecule has 0 fully saturated rings. The Morgan fingerprint density at radius 1 is 1.16 bits per heavy atom. The number of carbonyl (C=O) groups excluding carboxylic acids is 1. The third-order valence-corrected chi connectivity index (χ3v) is 2.95. The zero-order valence-corrected chi connectivity index (χ0v) is 11.9. The van der Waals surface area contributed by atoms with Crippen molar-refractivity contribution in [2.24, 2.45) is 0 Å². The molecule has 2 aromatic heterocycles. The summed E-state index contributed by atoms with van der Waals surface area (Å²) in [4.78, 5) is 16.0.